The van der Waals surface area contributed by atoms with Crippen LogP contribution in [-0.2, 0) is 19.4 Å². The second-order valence-electron chi connectivity index (χ2n) is 5.19. The van der Waals surface area contributed by atoms with E-state index >= 15 is 0 Å². The second kappa shape index (κ2) is 5.43. The van der Waals surface area contributed by atoms with Crippen LogP contribution in [0.25, 0.3) is 0 Å². The topological polar surface area (TPSA) is 13.1 Å². The summed E-state index contributed by atoms with van der Waals surface area (Å²) in [6, 6.07) is 10.5. The van der Waals surface area contributed by atoms with Gasteiger partial charge in [0.2, 0.25) is 0 Å². The number of methoxy groups -OCH3 is 1. The SMILES string of the molecule is COc1ccccc1C[n+]1ccc2c(c1)CCCC2. The lowest BCUT2D eigenvalue weighted by Crippen LogP contribution is -2.35. The number of fused-ring (bicyclic) bond motifs is 1. The molecule has 2 heteroatoms. The molecular weight excluding hydrogens is 234 g/mol. The Hall–Kier alpha value is -1.83. The van der Waals surface area contributed by atoms with Gasteiger partial charge in [-0.25, -0.2) is 4.57 Å². The van der Waals surface area contributed by atoms with Gasteiger partial charge in [-0.05, 0) is 43.4 Å². The third kappa shape index (κ3) is 2.62. The predicted octanol–water partition coefficient (Wildman–Crippen LogP) is 2.91. The number of para-hydroxylation sites is 1. The Morgan fingerprint density at radius 3 is 2.68 bits per heavy atom. The molecule has 0 saturated heterocycles. The fraction of sp³-hybridized carbons (Fsp3) is 0.353. The molecule has 0 amide bonds. The highest BCUT2D eigenvalue weighted by Gasteiger charge is 2.14. The maximum absolute atomic E-state index is 5.42. The van der Waals surface area contributed by atoms with E-state index < -0.39 is 0 Å². The number of rotatable bonds is 3. The number of ether oxygens (including phenoxy) is 1. The van der Waals surface area contributed by atoms with Crippen LogP contribution in [-0.4, -0.2) is 7.11 Å². The van der Waals surface area contributed by atoms with Gasteiger partial charge in [0.1, 0.15) is 5.75 Å². The van der Waals surface area contributed by atoms with Gasteiger partial charge in [0, 0.05) is 11.6 Å². The lowest BCUT2D eigenvalue weighted by molar-refractivity contribution is -0.688. The van der Waals surface area contributed by atoms with Crippen LogP contribution in [0.4, 0.5) is 0 Å². The Balaban J connectivity index is 1.87. The van der Waals surface area contributed by atoms with E-state index in [0.29, 0.717) is 0 Å². The fourth-order valence-corrected chi connectivity index (χ4v) is 2.85. The van der Waals surface area contributed by atoms with E-state index in [1.165, 1.54) is 42.4 Å². The molecule has 0 radical (unpaired) electrons. The van der Waals surface area contributed by atoms with Crippen molar-refractivity contribution in [3.63, 3.8) is 0 Å². The molecule has 1 aromatic heterocycles. The van der Waals surface area contributed by atoms with Crippen molar-refractivity contribution in [1.82, 2.24) is 0 Å². The molecule has 0 atom stereocenters. The first-order valence-corrected chi connectivity index (χ1v) is 6.99. The molecular formula is C17H20NO+. The molecule has 2 nitrogen and oxygen atoms in total. The second-order valence-corrected chi connectivity index (χ2v) is 5.19. The van der Waals surface area contributed by atoms with Gasteiger partial charge in [0.25, 0.3) is 0 Å². The molecule has 0 unspecified atom stereocenters. The third-order valence-electron chi connectivity index (χ3n) is 3.89. The Kier molecular flexibility index (Phi) is 3.49. The molecule has 0 fully saturated rings. The van der Waals surface area contributed by atoms with Crippen LogP contribution in [0.15, 0.2) is 42.7 Å². The Morgan fingerprint density at radius 1 is 1.05 bits per heavy atom. The average Bonchev–Trinajstić information content (AvgIpc) is 2.48. The first kappa shape index (κ1) is 12.2. The van der Waals surface area contributed by atoms with Crippen molar-refractivity contribution >= 4 is 0 Å². The van der Waals surface area contributed by atoms with Crippen LogP contribution >= 0.6 is 0 Å². The Morgan fingerprint density at radius 2 is 1.84 bits per heavy atom. The number of aryl methyl sites for hydroxylation is 2. The lowest BCUT2D eigenvalue weighted by atomic mass is 9.93. The minimum absolute atomic E-state index is 0.872. The molecule has 3 rings (SSSR count). The summed E-state index contributed by atoms with van der Waals surface area (Å²) in [6.07, 6.45) is 9.62. The molecule has 0 spiro atoms. The van der Waals surface area contributed by atoms with Crippen molar-refractivity contribution in [2.24, 2.45) is 0 Å². The molecule has 1 heterocycles. The zero-order chi connectivity index (χ0) is 13.1. The van der Waals surface area contributed by atoms with Crippen molar-refractivity contribution in [3.05, 3.63) is 59.4 Å². The van der Waals surface area contributed by atoms with Crippen LogP contribution in [0, 0.1) is 0 Å². The number of benzene rings is 1. The van der Waals surface area contributed by atoms with Crippen molar-refractivity contribution in [3.8, 4) is 5.75 Å². The van der Waals surface area contributed by atoms with E-state index in [2.05, 4.69) is 35.2 Å². The van der Waals surface area contributed by atoms with Gasteiger partial charge in [0.15, 0.2) is 18.9 Å². The minimum atomic E-state index is 0.872. The molecule has 19 heavy (non-hydrogen) atoms. The smallest absolute Gasteiger partial charge is 0.177 e. The van der Waals surface area contributed by atoms with Gasteiger partial charge in [-0.1, -0.05) is 12.1 Å². The summed E-state index contributed by atoms with van der Waals surface area (Å²) < 4.78 is 7.68. The Labute approximate surface area is 114 Å². The quantitative estimate of drug-likeness (QED) is 0.768. The molecule has 0 saturated carbocycles. The van der Waals surface area contributed by atoms with Gasteiger partial charge in [-0.3, -0.25) is 0 Å². The summed E-state index contributed by atoms with van der Waals surface area (Å²) in [6.45, 7) is 0.872. The third-order valence-corrected chi connectivity index (χ3v) is 3.89. The van der Waals surface area contributed by atoms with E-state index in [4.69, 9.17) is 4.74 Å². The van der Waals surface area contributed by atoms with Crippen molar-refractivity contribution < 1.29 is 9.30 Å². The molecule has 1 aliphatic carbocycles. The molecule has 0 aliphatic heterocycles. The number of hydrogen-bond donors (Lipinski definition) is 0. The van der Waals surface area contributed by atoms with E-state index in [1.807, 2.05) is 12.1 Å². The Bertz CT molecular complexity index is 577. The first-order valence-electron chi connectivity index (χ1n) is 6.99. The number of nitrogens with zero attached hydrogens (tertiary/aromatic N) is 1. The summed E-state index contributed by atoms with van der Waals surface area (Å²) in [5.74, 6) is 0.965. The molecule has 0 N–H and O–H groups in total. The molecule has 98 valence electrons. The first-order chi connectivity index (χ1) is 9.36. The van der Waals surface area contributed by atoms with Crippen LogP contribution in [0.5, 0.6) is 5.75 Å². The van der Waals surface area contributed by atoms with Gasteiger partial charge in [-0.15, -0.1) is 0 Å². The summed E-state index contributed by atoms with van der Waals surface area (Å²) in [5.41, 5.74) is 4.27. The molecule has 0 bridgehead atoms. The van der Waals surface area contributed by atoms with E-state index in [9.17, 15) is 0 Å². The van der Waals surface area contributed by atoms with Crippen molar-refractivity contribution in [2.45, 2.75) is 32.2 Å². The van der Waals surface area contributed by atoms with Gasteiger partial charge in [-0.2, -0.15) is 0 Å². The van der Waals surface area contributed by atoms with Gasteiger partial charge < -0.3 is 4.74 Å². The summed E-state index contributed by atoms with van der Waals surface area (Å²) in [7, 11) is 1.73. The number of hydrogen-bond acceptors (Lipinski definition) is 1. The fourth-order valence-electron chi connectivity index (χ4n) is 2.85. The van der Waals surface area contributed by atoms with E-state index in [0.717, 1.165) is 12.3 Å². The van der Waals surface area contributed by atoms with Crippen molar-refractivity contribution in [2.75, 3.05) is 7.11 Å². The molecule has 1 aliphatic rings. The van der Waals surface area contributed by atoms with Crippen LogP contribution in [0.3, 0.4) is 0 Å². The lowest BCUT2D eigenvalue weighted by Gasteiger charge is -2.13. The minimum Gasteiger partial charge on any atom is -0.496 e. The zero-order valence-electron chi connectivity index (χ0n) is 11.4. The zero-order valence-corrected chi connectivity index (χ0v) is 11.4. The highest BCUT2D eigenvalue weighted by atomic mass is 16.5. The van der Waals surface area contributed by atoms with E-state index in [1.54, 1.807) is 7.11 Å². The summed E-state index contributed by atoms with van der Waals surface area (Å²) >= 11 is 0. The molecule has 1 aromatic carbocycles. The van der Waals surface area contributed by atoms with Crippen molar-refractivity contribution in [1.29, 1.82) is 0 Å². The van der Waals surface area contributed by atoms with Crippen LogP contribution < -0.4 is 9.30 Å². The van der Waals surface area contributed by atoms with Crippen LogP contribution in [0.1, 0.15) is 29.5 Å². The predicted molar refractivity (Wildman–Crippen MR) is 75.4 cm³/mol. The van der Waals surface area contributed by atoms with E-state index in [-0.39, 0.29) is 0 Å². The highest BCUT2D eigenvalue weighted by molar-refractivity contribution is 5.32. The number of pyridine rings is 1. The standard InChI is InChI=1S/C17H20NO/c1-19-17-9-5-4-8-16(17)13-18-11-10-14-6-2-3-7-15(14)12-18/h4-5,8-12H,2-3,6-7,13H2,1H3/q+1. The van der Waals surface area contributed by atoms with Crippen LogP contribution in [0.2, 0.25) is 0 Å². The maximum Gasteiger partial charge on any atom is 0.177 e. The van der Waals surface area contributed by atoms with Gasteiger partial charge >= 0.3 is 0 Å². The average molecular weight is 254 g/mol. The number of aromatic nitrogens is 1. The molecule has 2 aromatic rings. The summed E-state index contributed by atoms with van der Waals surface area (Å²) in [4.78, 5) is 0. The largest absolute Gasteiger partial charge is 0.496 e. The summed E-state index contributed by atoms with van der Waals surface area (Å²) in [5, 5.41) is 0. The highest BCUT2D eigenvalue weighted by Crippen LogP contribution is 2.20. The van der Waals surface area contributed by atoms with Gasteiger partial charge in [0.05, 0.1) is 12.7 Å². The maximum atomic E-state index is 5.42. The normalized spacial score (nSPS) is 13.9. The monoisotopic (exact) mass is 254 g/mol.